The summed E-state index contributed by atoms with van der Waals surface area (Å²) in [6, 6.07) is 87.0. The number of amides is 6. The number of carbonyl (C=O) groups excluding carboxylic acids is 6. The molecule has 0 spiro atoms. The minimum absolute atomic E-state index is 0.0664. The third kappa shape index (κ3) is 66.2. The van der Waals surface area contributed by atoms with E-state index >= 15 is 0 Å². The molecule has 144 heavy (non-hydrogen) atoms. The Labute approximate surface area is 865 Å². The van der Waals surface area contributed by atoms with Crippen molar-refractivity contribution in [3.05, 3.63) is 383 Å². The summed E-state index contributed by atoms with van der Waals surface area (Å²) in [5.41, 5.74) is 50.6. The van der Waals surface area contributed by atoms with Crippen LogP contribution in [0.1, 0.15) is 119 Å². The second-order valence-corrected chi connectivity index (χ2v) is 35.1. The summed E-state index contributed by atoms with van der Waals surface area (Å²) in [4.78, 5) is 73.4. The quantitative estimate of drug-likeness (QED) is 0.0148. The van der Waals surface area contributed by atoms with Gasteiger partial charge >= 0.3 is 12.0 Å². The number of aryl methyl sites for hydroxylation is 15. The van der Waals surface area contributed by atoms with E-state index in [1.165, 1.54) is 90.4 Å². The molecular weight excluding hydrogens is 1860 g/mol. The highest BCUT2D eigenvalue weighted by molar-refractivity contribution is 6.34. The van der Waals surface area contributed by atoms with Gasteiger partial charge in [0, 0.05) is 99.6 Å². The third-order valence-corrected chi connectivity index (χ3v) is 20.7. The number of nitrogens with one attached hydrogen (secondary N) is 3. The molecule has 0 bridgehead atoms. The van der Waals surface area contributed by atoms with Gasteiger partial charge in [0.05, 0.1) is 59.1 Å². The van der Waals surface area contributed by atoms with Crippen molar-refractivity contribution in [2.24, 2.45) is 28.7 Å². The molecule has 12 aromatic rings. The van der Waals surface area contributed by atoms with Gasteiger partial charge in [0.1, 0.15) is 42.8 Å². The number of benzene rings is 11. The Bertz CT molecular complexity index is 5280. The van der Waals surface area contributed by atoms with E-state index in [1.807, 2.05) is 219 Å². The van der Waals surface area contributed by atoms with Gasteiger partial charge in [-0.1, -0.05) is 237 Å². The van der Waals surface area contributed by atoms with Crippen molar-refractivity contribution in [2.45, 2.75) is 144 Å². The first kappa shape index (κ1) is 126. The number of likely N-dealkylation sites (N-methyl/N-ethyl adjacent to an activating group) is 1. The highest BCUT2D eigenvalue weighted by atomic mass is 35.5. The van der Waals surface area contributed by atoms with Crippen LogP contribution in [-0.2, 0) is 53.1 Å². The van der Waals surface area contributed by atoms with E-state index in [0.29, 0.717) is 74.9 Å². The lowest BCUT2D eigenvalue weighted by Gasteiger charge is -2.26. The predicted octanol–water partition coefficient (Wildman–Crippen LogP) is 19.5. The molecule has 13 rings (SSSR count). The van der Waals surface area contributed by atoms with E-state index in [4.69, 9.17) is 90.5 Å². The number of nitrogens with two attached hydrogens (primary N) is 5. The first-order valence-corrected chi connectivity index (χ1v) is 48.4. The Morgan fingerprint density at radius 1 is 0.417 bits per heavy atom. The molecule has 0 saturated carbocycles. The zero-order valence-corrected chi connectivity index (χ0v) is 89.3. The van der Waals surface area contributed by atoms with Crippen LogP contribution in [0.5, 0.6) is 23.0 Å². The minimum atomic E-state index is -0.530. The average Bonchev–Trinajstić information content (AvgIpc) is 0.905. The van der Waals surface area contributed by atoms with Crippen LogP contribution in [0.4, 0.5) is 16.2 Å². The first-order chi connectivity index (χ1) is 68.5. The van der Waals surface area contributed by atoms with Crippen LogP contribution in [0.2, 0.25) is 10.0 Å². The second-order valence-electron chi connectivity index (χ2n) is 34.3. The van der Waals surface area contributed by atoms with E-state index in [1.54, 1.807) is 37.2 Å². The number of halogens is 2. The molecule has 0 atom stereocenters. The van der Waals surface area contributed by atoms with Crippen molar-refractivity contribution in [1.29, 1.82) is 0 Å². The molecule has 1 aromatic heterocycles. The van der Waals surface area contributed by atoms with Crippen LogP contribution >= 0.6 is 23.2 Å². The lowest BCUT2D eigenvalue weighted by Crippen LogP contribution is -2.35. The molecule has 1 aliphatic heterocycles. The molecule has 0 aliphatic carbocycles. The molecule has 6 amide bonds. The average molecular weight is 2010 g/mol. The topological polar surface area (TPSA) is 387 Å². The van der Waals surface area contributed by atoms with Crippen molar-refractivity contribution in [1.82, 2.24) is 25.0 Å². The molecule has 2 heterocycles. The number of ether oxygens (including phenoxy) is 6. The molecule has 1 fully saturated rings. The molecule has 0 radical (unpaired) electrons. The SMILES string of the molecule is CC(=O)OCCOc1ccc(C)cc1.Cc1cc(C)nc(C)c1.Cc1cc(Cl)cc(Cl)c1.Cc1ccc(CN)cc1.Cc1ccc(NCC(=O)N(C)C)cc1.Cc1ccc(NCC(N)=O)cc1.Cc1ccc(OCC(N)=O)cc1.Cc1ccc(OCCC(N)=O)cc1.Cc1ccc(OCCNC(N)=O)cc1.Cc1cccc(C)c1C.Cc1cccc(CN(CCO)CCO)c1.Cc1cccc(CN2CCOCC2)c1. The van der Waals surface area contributed by atoms with Gasteiger partial charge in [-0.25, -0.2) is 4.79 Å². The van der Waals surface area contributed by atoms with Gasteiger partial charge in [-0.3, -0.25) is 38.8 Å². The Balaban J connectivity index is 0.000000533. The number of carbonyl (C=O) groups is 6. The summed E-state index contributed by atoms with van der Waals surface area (Å²) in [6.07, 6.45) is 0.258. The molecule has 1 saturated heterocycles. The normalized spacial score (nSPS) is 10.6. The summed E-state index contributed by atoms with van der Waals surface area (Å²) < 4.78 is 31.0. The van der Waals surface area contributed by atoms with Crippen molar-refractivity contribution in [2.75, 3.05) is 130 Å². The largest absolute Gasteiger partial charge is 0.493 e. The lowest BCUT2D eigenvalue weighted by atomic mass is 10.1. The number of hydrogen-bond acceptors (Lipinski definition) is 20. The minimum Gasteiger partial charge on any atom is -0.493 e. The van der Waals surface area contributed by atoms with E-state index in [9.17, 15) is 28.8 Å². The smallest absolute Gasteiger partial charge is 0.312 e. The van der Waals surface area contributed by atoms with Crippen LogP contribution in [0.15, 0.2) is 267 Å². The van der Waals surface area contributed by atoms with Gasteiger partial charge < -0.3 is 88.2 Å². The van der Waals surface area contributed by atoms with Gasteiger partial charge in [0.25, 0.3) is 5.91 Å². The summed E-state index contributed by atoms with van der Waals surface area (Å²) >= 11 is 11.3. The summed E-state index contributed by atoms with van der Waals surface area (Å²) in [6.45, 7) is 44.4. The van der Waals surface area contributed by atoms with Crippen LogP contribution in [0.25, 0.3) is 0 Å². The van der Waals surface area contributed by atoms with Gasteiger partial charge in [-0.15, -0.1) is 0 Å². The second kappa shape index (κ2) is 75.2. The first-order valence-electron chi connectivity index (χ1n) is 47.6. The highest BCUT2D eigenvalue weighted by Gasteiger charge is 2.12. The number of aliphatic hydroxyl groups excluding tert-OH is 2. The van der Waals surface area contributed by atoms with Crippen molar-refractivity contribution >= 4 is 70.2 Å². The summed E-state index contributed by atoms with van der Waals surface area (Å²) in [7, 11) is 3.50. The molecule has 15 N–H and O–H groups in total. The Kier molecular flexibility index (Phi) is 66.0. The Morgan fingerprint density at radius 2 is 0.806 bits per heavy atom. The van der Waals surface area contributed by atoms with E-state index in [2.05, 4.69) is 171 Å². The zero-order valence-electron chi connectivity index (χ0n) is 87.8. The molecule has 11 aromatic carbocycles. The maximum Gasteiger partial charge on any atom is 0.312 e. The number of rotatable bonds is 30. The van der Waals surface area contributed by atoms with Gasteiger partial charge in [0.2, 0.25) is 17.7 Å². The number of aromatic nitrogens is 1. The van der Waals surface area contributed by atoms with Crippen LogP contribution in [0, 0.1) is 111 Å². The number of pyridine rings is 1. The summed E-state index contributed by atoms with van der Waals surface area (Å²) in [5, 5.41) is 27.5. The maximum absolute atomic E-state index is 11.2. The predicted molar refractivity (Wildman–Crippen MR) is 588 cm³/mol. The highest BCUT2D eigenvalue weighted by Crippen LogP contribution is 2.21. The molecule has 28 heteroatoms. The monoisotopic (exact) mass is 2010 g/mol. The molecule has 778 valence electrons. The summed E-state index contributed by atoms with van der Waals surface area (Å²) in [5.74, 6) is 1.66. The Hall–Kier alpha value is -13.7. The van der Waals surface area contributed by atoms with E-state index in [0.717, 1.165) is 90.5 Å². The molecular formula is C116H156Cl2N12O14. The number of anilines is 2. The van der Waals surface area contributed by atoms with Crippen molar-refractivity contribution in [3.8, 4) is 23.0 Å². The standard InChI is InChI=1S/C12H19NO2.C12H17NO.C11H16N2O.C11H14O3.C10H14N2O2.C10H13NO2.C9H12N2O.C9H11NO2.C9H12.2C8H11N.C7H6Cl2/c1-11-3-2-4-12(9-11)10-13(5-7-14)6-8-15;1-11-3-2-4-12(9-11)10-13-5-7-14-8-6-13;1-9-4-6-10(7-5-9)12-8-11(14)13(2)3;1-9-3-5-11(6-4-9)14-8-7-13-10(2)12;1-8-2-4-9(5-3-8)14-7-6-12-10(11)13;1-8-2-4-9(5-3-8)13-7-6-10(11)12;1-7-2-4-8(5-3-7)11-6-9(10)12;1-7-2-4-8(5-3-7)12-6-9(10)11;1-7-5-4-6-8(2)9(7)3;1-6-4-7(2)9-8(3)5-6;1-7-2-4-8(6-9)5-3-7;1-5-2-6(8)4-7(9)3-5/h2-4,9,14-15H,5-8,10H2,1H3;2-4,9H,5-8,10H2,1H3;4-7,12H,8H2,1-3H3;3-6H,7-8H2,1-2H3;2-5H,6-7H2,1H3,(H3,11,12,13);2-5H,6-7H2,1H3,(H2,11,12);2-5,11H,6H2,1H3,(H2,10,12);2-5H,6H2,1H3,(H2,10,11);4-6H,1-3H3;4-5H,1-3H3;2-5H,6,9H2,1H3;2-4H,1H3. The number of nitrogens with zero attached hydrogens (tertiary/aromatic N) is 4. The third-order valence-electron chi connectivity index (χ3n) is 20.3. The molecule has 0 unspecified atom stereocenters. The lowest BCUT2D eigenvalue weighted by molar-refractivity contribution is -0.141. The number of morpholine rings is 1. The van der Waals surface area contributed by atoms with Crippen LogP contribution < -0.4 is 63.6 Å². The fourth-order valence-corrected chi connectivity index (χ4v) is 13.0. The molecule has 26 nitrogen and oxygen atoms in total. The number of esters is 1. The van der Waals surface area contributed by atoms with Gasteiger partial charge in [-0.05, 0) is 258 Å². The maximum atomic E-state index is 11.2. The zero-order chi connectivity index (χ0) is 107. The fraction of sp³-hybridized carbons (Fsp3) is 0.336. The van der Waals surface area contributed by atoms with E-state index < -0.39 is 11.9 Å². The number of urea groups is 1. The molecule has 1 aliphatic rings. The van der Waals surface area contributed by atoms with E-state index in [-0.39, 0.29) is 56.5 Å². The number of primary amides is 4. The van der Waals surface area contributed by atoms with Gasteiger partial charge in [0.15, 0.2) is 6.61 Å². The van der Waals surface area contributed by atoms with Gasteiger partial charge in [-0.2, -0.15) is 0 Å². The Morgan fingerprint density at radius 3 is 1.18 bits per heavy atom. The van der Waals surface area contributed by atoms with Crippen LogP contribution in [0.3, 0.4) is 0 Å². The number of aliphatic hydroxyl groups is 2. The fourth-order valence-electron chi connectivity index (χ4n) is 12.3. The number of hydrogen-bond donors (Lipinski definition) is 10. The van der Waals surface area contributed by atoms with Crippen molar-refractivity contribution in [3.63, 3.8) is 0 Å². The van der Waals surface area contributed by atoms with Crippen molar-refractivity contribution < 1.29 is 67.4 Å². The van der Waals surface area contributed by atoms with Crippen LogP contribution in [-0.4, -0.2) is 185 Å².